The van der Waals surface area contributed by atoms with Crippen LogP contribution in [-0.2, 0) is 0 Å². The Kier molecular flexibility index (Phi) is 6.30. The monoisotopic (exact) mass is 410 g/mol. The molecule has 3 aromatic rings. The summed E-state index contributed by atoms with van der Waals surface area (Å²) in [5.41, 5.74) is 0.712. The Morgan fingerprint density at radius 2 is 1.73 bits per heavy atom. The Balaban J connectivity index is 1.28. The molecule has 1 fully saturated rings. The highest BCUT2D eigenvalue weighted by molar-refractivity contribution is 5.77. The zero-order valence-corrected chi connectivity index (χ0v) is 17.6. The SMILES string of the molecule is COc1ccc(OCC[NH+]2CC[NH+]([C@@H](C)c3nc4ccccc4c(=O)[nH]3)CC2)cc1. The number of rotatable bonds is 7. The first kappa shape index (κ1) is 20.4. The lowest BCUT2D eigenvalue weighted by molar-refractivity contribution is -1.03. The van der Waals surface area contributed by atoms with Gasteiger partial charge in [0.1, 0.15) is 56.9 Å². The van der Waals surface area contributed by atoms with Crippen molar-refractivity contribution in [2.75, 3.05) is 46.4 Å². The van der Waals surface area contributed by atoms with Crippen molar-refractivity contribution in [3.8, 4) is 11.5 Å². The maximum Gasteiger partial charge on any atom is 0.258 e. The van der Waals surface area contributed by atoms with Gasteiger partial charge in [-0.25, -0.2) is 4.98 Å². The van der Waals surface area contributed by atoms with Crippen molar-refractivity contribution in [2.45, 2.75) is 13.0 Å². The second-order valence-corrected chi connectivity index (χ2v) is 7.87. The van der Waals surface area contributed by atoms with E-state index in [1.807, 2.05) is 48.5 Å². The molecule has 0 unspecified atom stereocenters. The van der Waals surface area contributed by atoms with Crippen molar-refractivity contribution < 1.29 is 19.3 Å². The molecule has 1 atom stereocenters. The second kappa shape index (κ2) is 9.28. The van der Waals surface area contributed by atoms with E-state index >= 15 is 0 Å². The summed E-state index contributed by atoms with van der Waals surface area (Å²) in [5, 5.41) is 0.648. The number of piperazine rings is 1. The maximum atomic E-state index is 12.4. The van der Waals surface area contributed by atoms with E-state index in [0.29, 0.717) is 12.0 Å². The van der Waals surface area contributed by atoms with E-state index in [0.717, 1.165) is 55.6 Å². The highest BCUT2D eigenvalue weighted by Gasteiger charge is 2.29. The fraction of sp³-hybridized carbons (Fsp3) is 0.391. The summed E-state index contributed by atoms with van der Waals surface area (Å²) in [5.74, 6) is 2.49. The molecule has 2 aromatic carbocycles. The third-order valence-electron chi connectivity index (χ3n) is 6.04. The minimum Gasteiger partial charge on any atom is -0.497 e. The van der Waals surface area contributed by atoms with Gasteiger partial charge in [0.15, 0.2) is 5.82 Å². The van der Waals surface area contributed by atoms with Gasteiger partial charge in [0.2, 0.25) is 0 Å². The van der Waals surface area contributed by atoms with Crippen LogP contribution in [0.4, 0.5) is 0 Å². The number of ether oxygens (including phenoxy) is 2. The van der Waals surface area contributed by atoms with Crippen molar-refractivity contribution >= 4 is 10.9 Å². The molecule has 7 heteroatoms. The zero-order chi connectivity index (χ0) is 20.9. The Morgan fingerprint density at radius 1 is 1.03 bits per heavy atom. The van der Waals surface area contributed by atoms with E-state index < -0.39 is 0 Å². The predicted octanol–water partition coefficient (Wildman–Crippen LogP) is -0.145. The molecule has 0 amide bonds. The number of quaternary nitrogens is 2. The Morgan fingerprint density at radius 3 is 2.47 bits per heavy atom. The van der Waals surface area contributed by atoms with Crippen LogP contribution in [0, 0.1) is 0 Å². The average molecular weight is 411 g/mol. The molecule has 1 aliphatic heterocycles. The van der Waals surface area contributed by atoms with E-state index in [2.05, 4.69) is 11.9 Å². The van der Waals surface area contributed by atoms with Crippen LogP contribution in [0.2, 0.25) is 0 Å². The number of aromatic amines is 1. The molecule has 0 radical (unpaired) electrons. The largest absolute Gasteiger partial charge is 0.497 e. The lowest BCUT2D eigenvalue weighted by Crippen LogP contribution is -3.28. The molecule has 1 aromatic heterocycles. The summed E-state index contributed by atoms with van der Waals surface area (Å²) in [6.45, 7) is 8.11. The molecule has 7 nitrogen and oxygen atoms in total. The quantitative estimate of drug-likeness (QED) is 0.507. The van der Waals surface area contributed by atoms with Crippen molar-refractivity contribution in [1.82, 2.24) is 9.97 Å². The first-order chi connectivity index (χ1) is 14.6. The molecule has 0 aliphatic carbocycles. The summed E-state index contributed by atoms with van der Waals surface area (Å²) in [4.78, 5) is 23.1. The standard InChI is InChI=1S/C23H28N4O3/c1-17(22-24-21-6-4-3-5-20(21)23(28)25-22)27-13-11-26(12-14-27)15-16-30-19-9-7-18(29-2)8-10-19/h3-10,17H,11-16H2,1-2H3,(H,24,25,28)/p+2/t17-/m0/s1. The van der Waals surface area contributed by atoms with Crippen LogP contribution in [0.1, 0.15) is 18.8 Å². The van der Waals surface area contributed by atoms with Crippen molar-refractivity contribution in [1.29, 1.82) is 0 Å². The zero-order valence-electron chi connectivity index (χ0n) is 17.6. The number of benzene rings is 2. The van der Waals surface area contributed by atoms with Gasteiger partial charge in [-0.05, 0) is 43.3 Å². The van der Waals surface area contributed by atoms with Gasteiger partial charge in [-0.1, -0.05) is 12.1 Å². The van der Waals surface area contributed by atoms with Gasteiger partial charge in [0, 0.05) is 0 Å². The normalized spacial score (nSPS) is 20.1. The molecule has 0 spiro atoms. The number of H-pyrrole nitrogens is 1. The van der Waals surface area contributed by atoms with Crippen LogP contribution in [0.25, 0.3) is 10.9 Å². The number of aromatic nitrogens is 2. The van der Waals surface area contributed by atoms with Gasteiger partial charge < -0.3 is 24.3 Å². The average Bonchev–Trinajstić information content (AvgIpc) is 2.79. The fourth-order valence-corrected chi connectivity index (χ4v) is 4.10. The molecule has 1 saturated heterocycles. The van der Waals surface area contributed by atoms with Gasteiger partial charge in [0.05, 0.1) is 18.0 Å². The third kappa shape index (κ3) is 4.63. The highest BCUT2D eigenvalue weighted by atomic mass is 16.5. The topological polar surface area (TPSA) is 73.1 Å². The van der Waals surface area contributed by atoms with Crippen molar-refractivity contribution in [3.05, 3.63) is 64.7 Å². The van der Waals surface area contributed by atoms with E-state index in [-0.39, 0.29) is 11.6 Å². The summed E-state index contributed by atoms with van der Waals surface area (Å²) in [6, 6.07) is 15.4. The van der Waals surface area contributed by atoms with Crippen LogP contribution >= 0.6 is 0 Å². The number of nitrogens with zero attached hydrogens (tertiary/aromatic N) is 1. The second-order valence-electron chi connectivity index (χ2n) is 7.87. The van der Waals surface area contributed by atoms with Gasteiger partial charge in [-0.15, -0.1) is 0 Å². The third-order valence-corrected chi connectivity index (χ3v) is 6.04. The molecule has 1 aliphatic rings. The van der Waals surface area contributed by atoms with Crippen LogP contribution in [0.3, 0.4) is 0 Å². The summed E-state index contributed by atoms with van der Waals surface area (Å²) >= 11 is 0. The summed E-state index contributed by atoms with van der Waals surface area (Å²) < 4.78 is 11.0. The van der Waals surface area contributed by atoms with Crippen LogP contribution in [-0.4, -0.2) is 56.4 Å². The molecule has 2 heterocycles. The molecular weight excluding hydrogens is 380 g/mol. The number of fused-ring (bicyclic) bond motifs is 1. The summed E-state index contributed by atoms with van der Waals surface area (Å²) in [7, 11) is 1.66. The Hall–Kier alpha value is -2.90. The van der Waals surface area contributed by atoms with Crippen LogP contribution in [0.5, 0.6) is 11.5 Å². The number of para-hydroxylation sites is 1. The van der Waals surface area contributed by atoms with Gasteiger partial charge in [0.25, 0.3) is 5.56 Å². The maximum absolute atomic E-state index is 12.4. The molecular formula is C23H30N4O3+2. The lowest BCUT2D eigenvalue weighted by atomic mass is 10.2. The fourth-order valence-electron chi connectivity index (χ4n) is 4.10. The number of methoxy groups -OCH3 is 1. The molecule has 4 rings (SSSR count). The van der Waals surface area contributed by atoms with E-state index in [1.165, 1.54) is 4.90 Å². The highest BCUT2D eigenvalue weighted by Crippen LogP contribution is 2.16. The first-order valence-corrected chi connectivity index (χ1v) is 10.6. The van der Waals surface area contributed by atoms with E-state index in [9.17, 15) is 4.79 Å². The van der Waals surface area contributed by atoms with E-state index in [1.54, 1.807) is 12.0 Å². The predicted molar refractivity (Wildman–Crippen MR) is 116 cm³/mol. The molecule has 0 saturated carbocycles. The van der Waals surface area contributed by atoms with Gasteiger partial charge in [-0.3, -0.25) is 4.79 Å². The van der Waals surface area contributed by atoms with Crippen molar-refractivity contribution in [3.63, 3.8) is 0 Å². The smallest absolute Gasteiger partial charge is 0.258 e. The Bertz CT molecular complexity index is 1030. The minimum absolute atomic E-state index is 0.0539. The molecule has 0 bridgehead atoms. The summed E-state index contributed by atoms with van der Waals surface area (Å²) in [6.07, 6.45) is 0. The van der Waals surface area contributed by atoms with Crippen LogP contribution < -0.4 is 24.8 Å². The number of hydrogen-bond acceptors (Lipinski definition) is 4. The van der Waals surface area contributed by atoms with Gasteiger partial charge >= 0.3 is 0 Å². The lowest BCUT2D eigenvalue weighted by Gasteiger charge is -2.32. The Labute approximate surface area is 176 Å². The van der Waals surface area contributed by atoms with Crippen LogP contribution in [0.15, 0.2) is 53.3 Å². The van der Waals surface area contributed by atoms with Crippen molar-refractivity contribution in [2.24, 2.45) is 0 Å². The molecule has 3 N–H and O–H groups in total. The first-order valence-electron chi connectivity index (χ1n) is 10.6. The van der Waals surface area contributed by atoms with E-state index in [4.69, 9.17) is 14.5 Å². The van der Waals surface area contributed by atoms with Gasteiger partial charge in [-0.2, -0.15) is 0 Å². The molecule has 158 valence electrons. The number of nitrogens with one attached hydrogen (secondary N) is 3. The minimum atomic E-state index is -0.0539. The molecule has 30 heavy (non-hydrogen) atoms. The number of hydrogen-bond donors (Lipinski definition) is 3.